The highest BCUT2D eigenvalue weighted by atomic mass is 35.5. The minimum absolute atomic E-state index is 0.0299. The Morgan fingerprint density at radius 1 is 1.16 bits per heavy atom. The topological polar surface area (TPSA) is 67.9 Å². The lowest BCUT2D eigenvalue weighted by Gasteiger charge is -2.34. The summed E-state index contributed by atoms with van der Waals surface area (Å²) in [5, 5.41) is 3.83. The predicted molar refractivity (Wildman–Crippen MR) is 120 cm³/mol. The van der Waals surface area contributed by atoms with E-state index in [2.05, 4.69) is 11.4 Å². The van der Waals surface area contributed by atoms with E-state index in [-0.39, 0.29) is 36.0 Å². The summed E-state index contributed by atoms with van der Waals surface area (Å²) in [6.45, 7) is 6.65. The Kier molecular flexibility index (Phi) is 6.25. The molecular formula is C23H28Cl2N2O4. The first-order valence-corrected chi connectivity index (χ1v) is 11.5. The van der Waals surface area contributed by atoms with Crippen LogP contribution in [0.5, 0.6) is 0 Å². The van der Waals surface area contributed by atoms with Crippen molar-refractivity contribution in [1.29, 1.82) is 0 Å². The molecule has 2 fully saturated rings. The Morgan fingerprint density at radius 2 is 1.90 bits per heavy atom. The van der Waals surface area contributed by atoms with Crippen molar-refractivity contribution < 1.29 is 19.1 Å². The average molecular weight is 467 g/mol. The molecule has 2 saturated heterocycles. The van der Waals surface area contributed by atoms with Gasteiger partial charge in [-0.05, 0) is 58.2 Å². The van der Waals surface area contributed by atoms with Crippen LogP contribution in [0.4, 0.5) is 10.5 Å². The zero-order valence-corrected chi connectivity index (χ0v) is 19.5. The highest BCUT2D eigenvalue weighted by Gasteiger charge is 2.53. The van der Waals surface area contributed by atoms with Crippen molar-refractivity contribution in [1.82, 2.24) is 4.90 Å². The number of amides is 2. The Labute approximate surface area is 192 Å². The number of ether oxygens (including phenoxy) is 2. The molecule has 8 heteroatoms. The third-order valence-electron chi connectivity index (χ3n) is 6.09. The van der Waals surface area contributed by atoms with Crippen molar-refractivity contribution in [3.05, 3.63) is 39.9 Å². The normalized spacial score (nSPS) is 27.8. The average Bonchev–Trinajstić information content (AvgIpc) is 3.31. The largest absolute Gasteiger partial charge is 0.444 e. The van der Waals surface area contributed by atoms with Gasteiger partial charge in [0, 0.05) is 24.7 Å². The molecule has 1 N–H and O–H groups in total. The van der Waals surface area contributed by atoms with E-state index >= 15 is 0 Å². The van der Waals surface area contributed by atoms with Gasteiger partial charge in [0.1, 0.15) is 5.60 Å². The van der Waals surface area contributed by atoms with Crippen LogP contribution >= 0.6 is 23.2 Å². The van der Waals surface area contributed by atoms with E-state index in [0.29, 0.717) is 35.2 Å². The molecule has 0 saturated carbocycles. The molecule has 4 rings (SSSR count). The molecule has 4 atom stereocenters. The molecule has 6 nitrogen and oxygen atoms in total. The number of rotatable bonds is 3. The number of nitrogens with zero attached hydrogens (tertiary/aromatic N) is 1. The van der Waals surface area contributed by atoms with E-state index in [1.165, 1.54) is 5.57 Å². The molecule has 3 aliphatic rings. The number of carbonyl (C=O) groups excluding carboxylic acids is 2. The number of halogens is 2. The molecular weight excluding hydrogens is 439 g/mol. The van der Waals surface area contributed by atoms with Gasteiger partial charge in [-0.15, -0.1) is 0 Å². The Bertz CT molecular complexity index is 911. The van der Waals surface area contributed by atoms with Crippen LogP contribution in [0.1, 0.15) is 40.0 Å². The second kappa shape index (κ2) is 8.64. The maximum Gasteiger partial charge on any atom is 0.410 e. The molecule has 1 aromatic rings. The van der Waals surface area contributed by atoms with Crippen LogP contribution in [0.2, 0.25) is 10.0 Å². The molecule has 1 aromatic carbocycles. The first-order valence-electron chi connectivity index (χ1n) is 10.7. The van der Waals surface area contributed by atoms with Crippen LogP contribution in [0, 0.1) is 11.8 Å². The molecule has 2 bridgehead atoms. The summed E-state index contributed by atoms with van der Waals surface area (Å²) < 4.78 is 11.6. The number of benzene rings is 1. The second-order valence-corrected chi connectivity index (χ2v) is 10.2. The highest BCUT2D eigenvalue weighted by Crippen LogP contribution is 2.48. The fourth-order valence-electron chi connectivity index (χ4n) is 4.76. The molecule has 0 aliphatic carbocycles. The first-order chi connectivity index (χ1) is 14.6. The Morgan fingerprint density at radius 3 is 2.55 bits per heavy atom. The summed E-state index contributed by atoms with van der Waals surface area (Å²) in [7, 11) is 0. The number of anilines is 1. The van der Waals surface area contributed by atoms with Crippen molar-refractivity contribution in [2.45, 2.75) is 57.8 Å². The van der Waals surface area contributed by atoms with Crippen molar-refractivity contribution in [3.63, 3.8) is 0 Å². The fourth-order valence-corrected chi connectivity index (χ4v) is 5.06. The third kappa shape index (κ3) is 4.86. The van der Waals surface area contributed by atoms with E-state index in [4.69, 9.17) is 32.7 Å². The molecule has 0 unspecified atom stereocenters. The van der Waals surface area contributed by atoms with Gasteiger partial charge in [0.2, 0.25) is 5.91 Å². The summed E-state index contributed by atoms with van der Waals surface area (Å²) >= 11 is 12.1. The standard InChI is InChI=1S/C23H28Cl2N2O4/c1-23(2,3)31-22(29)27-10-8-13(9-11-27)19-17-6-7-18(30-17)20(19)21(28)26-14-4-5-15(24)16(25)12-14/h4-5,8,12,17-20H,6-7,9-11H2,1-3H3,(H,26,28)/t17-,18+,19-,20-/m0/s1. The van der Waals surface area contributed by atoms with E-state index in [1.807, 2.05) is 20.8 Å². The quantitative estimate of drug-likeness (QED) is 0.614. The predicted octanol–water partition coefficient (Wildman–Crippen LogP) is 5.29. The van der Waals surface area contributed by atoms with Gasteiger partial charge in [0.25, 0.3) is 0 Å². The lowest BCUT2D eigenvalue weighted by molar-refractivity contribution is -0.122. The molecule has 2 amide bonds. The van der Waals surface area contributed by atoms with Crippen LogP contribution in [0.15, 0.2) is 29.8 Å². The van der Waals surface area contributed by atoms with Crippen LogP contribution in [0.3, 0.4) is 0 Å². The molecule has 31 heavy (non-hydrogen) atoms. The molecule has 3 heterocycles. The Balaban J connectivity index is 1.46. The summed E-state index contributed by atoms with van der Waals surface area (Å²) in [6, 6.07) is 5.07. The zero-order valence-electron chi connectivity index (χ0n) is 18.0. The lowest BCUT2D eigenvalue weighted by Crippen LogP contribution is -2.42. The summed E-state index contributed by atoms with van der Waals surface area (Å²) in [5.74, 6) is -0.291. The first kappa shape index (κ1) is 22.4. The van der Waals surface area contributed by atoms with Crippen LogP contribution < -0.4 is 5.32 Å². The summed E-state index contributed by atoms with van der Waals surface area (Å²) in [6.07, 6.45) is 4.29. The number of fused-ring (bicyclic) bond motifs is 2. The van der Waals surface area contributed by atoms with Gasteiger partial charge < -0.3 is 19.7 Å². The monoisotopic (exact) mass is 466 g/mol. The minimum Gasteiger partial charge on any atom is -0.444 e. The van der Waals surface area contributed by atoms with Gasteiger partial charge in [-0.1, -0.05) is 34.9 Å². The van der Waals surface area contributed by atoms with E-state index < -0.39 is 5.60 Å². The second-order valence-electron chi connectivity index (χ2n) is 9.42. The van der Waals surface area contributed by atoms with Crippen LogP contribution in [0.25, 0.3) is 0 Å². The van der Waals surface area contributed by atoms with Gasteiger partial charge in [-0.3, -0.25) is 4.79 Å². The van der Waals surface area contributed by atoms with Crippen molar-refractivity contribution in [2.75, 3.05) is 18.4 Å². The van der Waals surface area contributed by atoms with Gasteiger partial charge in [0.15, 0.2) is 0 Å². The molecule has 0 aromatic heterocycles. The van der Waals surface area contributed by atoms with Gasteiger partial charge >= 0.3 is 6.09 Å². The van der Waals surface area contributed by atoms with Gasteiger partial charge in [-0.25, -0.2) is 4.79 Å². The van der Waals surface area contributed by atoms with Crippen molar-refractivity contribution in [3.8, 4) is 0 Å². The SMILES string of the molecule is CC(C)(C)OC(=O)N1CC=C([C@@H]2[C@@H](C(=O)Nc3ccc(Cl)c(Cl)c3)[C@H]3CC[C@@H]2O3)CC1. The fraction of sp³-hybridized carbons (Fsp3) is 0.565. The number of hydrogen-bond acceptors (Lipinski definition) is 4. The Hall–Kier alpha value is -1.76. The molecule has 0 radical (unpaired) electrons. The minimum atomic E-state index is -0.521. The maximum atomic E-state index is 13.2. The van der Waals surface area contributed by atoms with Gasteiger partial charge in [0.05, 0.1) is 28.2 Å². The third-order valence-corrected chi connectivity index (χ3v) is 6.83. The summed E-state index contributed by atoms with van der Waals surface area (Å²) in [4.78, 5) is 27.3. The van der Waals surface area contributed by atoms with E-state index in [9.17, 15) is 9.59 Å². The molecule has 0 spiro atoms. The molecule has 3 aliphatic heterocycles. The van der Waals surface area contributed by atoms with Crippen LogP contribution in [-0.2, 0) is 14.3 Å². The number of nitrogens with one attached hydrogen (secondary N) is 1. The smallest absolute Gasteiger partial charge is 0.410 e. The highest BCUT2D eigenvalue weighted by molar-refractivity contribution is 6.42. The van der Waals surface area contributed by atoms with Crippen molar-refractivity contribution >= 4 is 40.9 Å². The van der Waals surface area contributed by atoms with E-state index in [0.717, 1.165) is 12.8 Å². The maximum absolute atomic E-state index is 13.2. The lowest BCUT2D eigenvalue weighted by atomic mass is 9.73. The van der Waals surface area contributed by atoms with Crippen LogP contribution in [-0.4, -0.2) is 47.8 Å². The zero-order chi connectivity index (χ0) is 22.3. The number of carbonyl (C=O) groups is 2. The van der Waals surface area contributed by atoms with E-state index in [1.54, 1.807) is 23.1 Å². The van der Waals surface area contributed by atoms with Gasteiger partial charge in [-0.2, -0.15) is 0 Å². The van der Waals surface area contributed by atoms with Crippen molar-refractivity contribution in [2.24, 2.45) is 11.8 Å². The number of hydrogen-bond donors (Lipinski definition) is 1. The molecule has 168 valence electrons. The summed E-state index contributed by atoms with van der Waals surface area (Å²) in [5.41, 5.74) is 1.30.